The van der Waals surface area contributed by atoms with Gasteiger partial charge in [-0.3, -0.25) is 15.0 Å². The predicted molar refractivity (Wildman–Crippen MR) is 117 cm³/mol. The molecule has 0 radical (unpaired) electrons. The third kappa shape index (κ3) is 3.96. The van der Waals surface area contributed by atoms with Gasteiger partial charge in [-0.1, -0.05) is 57.3 Å². The number of para-hydroxylation sites is 1. The number of rotatable bonds is 3. The third-order valence-electron chi connectivity index (χ3n) is 4.51. The first kappa shape index (κ1) is 19.8. The summed E-state index contributed by atoms with van der Waals surface area (Å²) in [5.74, 6) is -0.761. The van der Waals surface area contributed by atoms with E-state index in [1.165, 1.54) is 5.01 Å². The Hall–Kier alpha value is -2.54. The van der Waals surface area contributed by atoms with E-state index >= 15 is 0 Å². The average Bonchev–Trinajstić information content (AvgIpc) is 2.71. The first-order valence-corrected chi connectivity index (χ1v) is 10.2. The van der Waals surface area contributed by atoms with E-state index in [1.54, 1.807) is 60.7 Å². The summed E-state index contributed by atoms with van der Waals surface area (Å²) < 4.78 is 0.851. The molecule has 0 aliphatic carbocycles. The molecule has 0 aromatic heterocycles. The fraction of sp³-hybridized carbons (Fsp3) is 0.0476. The number of carbonyl (C=O) groups excluding carboxylic acids is 2. The molecule has 2 amide bonds. The molecule has 0 saturated heterocycles. The van der Waals surface area contributed by atoms with Crippen LogP contribution in [-0.2, 0) is 0 Å². The Morgan fingerprint density at radius 1 is 1.03 bits per heavy atom. The van der Waals surface area contributed by atoms with Crippen molar-refractivity contribution in [3.8, 4) is 0 Å². The Morgan fingerprint density at radius 2 is 1.76 bits per heavy atom. The maximum atomic E-state index is 13.2. The minimum atomic E-state index is -0.707. The summed E-state index contributed by atoms with van der Waals surface area (Å²) in [6, 6.07) is 19.0. The molecule has 1 aliphatic heterocycles. The smallest absolute Gasteiger partial charge is 0.276 e. The number of nitrogens with zero attached hydrogens (tertiary/aromatic N) is 1. The molecule has 0 unspecified atom stereocenters. The molecule has 1 heterocycles. The first-order valence-electron chi connectivity index (χ1n) is 8.64. The summed E-state index contributed by atoms with van der Waals surface area (Å²) >= 11 is 15.8. The highest BCUT2D eigenvalue weighted by molar-refractivity contribution is 9.10. The highest BCUT2D eigenvalue weighted by Gasteiger charge is 2.35. The number of nitrogens with one attached hydrogen (secondary N) is 2. The van der Waals surface area contributed by atoms with Gasteiger partial charge in [-0.25, -0.2) is 5.01 Å². The number of hydrazine groups is 1. The lowest BCUT2D eigenvalue weighted by atomic mass is 10.0. The van der Waals surface area contributed by atoms with E-state index in [0.717, 1.165) is 4.47 Å². The van der Waals surface area contributed by atoms with Crippen molar-refractivity contribution >= 4 is 56.6 Å². The van der Waals surface area contributed by atoms with Crippen molar-refractivity contribution in [3.05, 3.63) is 97.9 Å². The molecular weight excluding hydrogens is 477 g/mol. The van der Waals surface area contributed by atoms with Crippen LogP contribution in [0.25, 0.3) is 0 Å². The second kappa shape index (κ2) is 8.06. The van der Waals surface area contributed by atoms with Gasteiger partial charge in [-0.05, 0) is 48.5 Å². The molecular formula is C21H14BrCl2N3O2. The van der Waals surface area contributed by atoms with E-state index in [2.05, 4.69) is 26.7 Å². The van der Waals surface area contributed by atoms with Crippen LogP contribution < -0.4 is 10.7 Å². The summed E-state index contributed by atoms with van der Waals surface area (Å²) in [4.78, 5) is 26.0. The lowest BCUT2D eigenvalue weighted by Gasteiger charge is -2.38. The largest absolute Gasteiger partial charge is 0.359 e. The maximum absolute atomic E-state index is 13.2. The lowest BCUT2D eigenvalue weighted by Crippen LogP contribution is -2.52. The van der Waals surface area contributed by atoms with Gasteiger partial charge in [0.2, 0.25) is 0 Å². The normalized spacial score (nSPS) is 15.5. The molecule has 2 N–H and O–H groups in total. The van der Waals surface area contributed by atoms with Crippen LogP contribution in [0.4, 0.5) is 5.69 Å². The van der Waals surface area contributed by atoms with Crippen molar-refractivity contribution in [1.29, 1.82) is 0 Å². The fourth-order valence-corrected chi connectivity index (χ4v) is 3.86. The average molecular weight is 491 g/mol. The molecule has 146 valence electrons. The SMILES string of the molecule is O=C(NN1C(=O)c2ccccc2N[C@H]1c1ccc(Cl)cc1Cl)c1ccc(Br)cc1. The zero-order valence-electron chi connectivity index (χ0n) is 14.8. The van der Waals surface area contributed by atoms with Gasteiger partial charge < -0.3 is 5.32 Å². The van der Waals surface area contributed by atoms with Gasteiger partial charge in [0.15, 0.2) is 0 Å². The van der Waals surface area contributed by atoms with Crippen LogP contribution in [0.2, 0.25) is 10.0 Å². The van der Waals surface area contributed by atoms with Gasteiger partial charge in [-0.15, -0.1) is 0 Å². The monoisotopic (exact) mass is 489 g/mol. The van der Waals surface area contributed by atoms with Crippen LogP contribution in [0.5, 0.6) is 0 Å². The summed E-state index contributed by atoms with van der Waals surface area (Å²) in [7, 11) is 0. The number of halogens is 3. The minimum Gasteiger partial charge on any atom is -0.359 e. The van der Waals surface area contributed by atoms with Crippen molar-refractivity contribution in [3.63, 3.8) is 0 Å². The van der Waals surface area contributed by atoms with Gasteiger partial charge in [-0.2, -0.15) is 0 Å². The van der Waals surface area contributed by atoms with Crippen molar-refractivity contribution in [2.45, 2.75) is 6.17 Å². The van der Waals surface area contributed by atoms with Crippen LogP contribution in [0.3, 0.4) is 0 Å². The minimum absolute atomic E-state index is 0.346. The molecule has 8 heteroatoms. The number of carbonyl (C=O) groups is 2. The van der Waals surface area contributed by atoms with Crippen molar-refractivity contribution in [2.24, 2.45) is 0 Å². The molecule has 3 aromatic rings. The Labute approximate surface area is 185 Å². The third-order valence-corrected chi connectivity index (χ3v) is 5.60. The number of hydrogen-bond acceptors (Lipinski definition) is 3. The summed E-state index contributed by atoms with van der Waals surface area (Å²) in [5.41, 5.74) is 4.84. The van der Waals surface area contributed by atoms with Crippen LogP contribution in [0, 0.1) is 0 Å². The second-order valence-corrected chi connectivity index (χ2v) is 8.14. The molecule has 1 atom stereocenters. The van der Waals surface area contributed by atoms with E-state index in [0.29, 0.717) is 32.4 Å². The second-order valence-electron chi connectivity index (χ2n) is 6.38. The van der Waals surface area contributed by atoms with Crippen LogP contribution in [-0.4, -0.2) is 16.8 Å². The zero-order valence-corrected chi connectivity index (χ0v) is 17.9. The Morgan fingerprint density at radius 3 is 2.48 bits per heavy atom. The highest BCUT2D eigenvalue weighted by Crippen LogP contribution is 2.35. The van der Waals surface area contributed by atoms with Crippen molar-refractivity contribution in [1.82, 2.24) is 10.4 Å². The number of amides is 2. The Kier molecular flexibility index (Phi) is 5.50. The highest BCUT2D eigenvalue weighted by atomic mass is 79.9. The molecule has 0 spiro atoms. The topological polar surface area (TPSA) is 61.4 Å². The number of fused-ring (bicyclic) bond motifs is 1. The van der Waals surface area contributed by atoms with Crippen molar-refractivity contribution < 1.29 is 9.59 Å². The van der Waals surface area contributed by atoms with Gasteiger partial charge >= 0.3 is 0 Å². The molecule has 0 fully saturated rings. The summed E-state index contributed by atoms with van der Waals surface area (Å²) in [6.07, 6.45) is -0.707. The molecule has 4 rings (SSSR count). The van der Waals surface area contributed by atoms with Crippen LogP contribution >= 0.6 is 39.1 Å². The molecule has 5 nitrogen and oxygen atoms in total. The van der Waals surface area contributed by atoms with Gasteiger partial charge in [0, 0.05) is 31.3 Å². The quantitative estimate of drug-likeness (QED) is 0.497. The van der Waals surface area contributed by atoms with Crippen LogP contribution in [0.15, 0.2) is 71.2 Å². The van der Waals surface area contributed by atoms with E-state index < -0.39 is 12.1 Å². The zero-order chi connectivity index (χ0) is 20.5. The number of anilines is 1. The fourth-order valence-electron chi connectivity index (χ4n) is 3.08. The Balaban J connectivity index is 1.73. The summed E-state index contributed by atoms with van der Waals surface area (Å²) in [6.45, 7) is 0. The van der Waals surface area contributed by atoms with Crippen molar-refractivity contribution in [2.75, 3.05) is 5.32 Å². The summed E-state index contributed by atoms with van der Waals surface area (Å²) in [5, 5.41) is 5.39. The standard InChI is InChI=1S/C21H14BrCl2N3O2/c22-13-7-5-12(6-8-13)20(28)26-27-19(15-10-9-14(23)11-17(15)24)25-18-4-2-1-3-16(18)21(27)29/h1-11,19,25H,(H,26,28)/t19-/m1/s1. The molecule has 3 aromatic carbocycles. The molecule has 29 heavy (non-hydrogen) atoms. The molecule has 1 aliphatic rings. The lowest BCUT2D eigenvalue weighted by molar-refractivity contribution is 0.0491. The van der Waals surface area contributed by atoms with Gasteiger partial charge in [0.05, 0.1) is 5.56 Å². The van der Waals surface area contributed by atoms with Gasteiger partial charge in [0.25, 0.3) is 11.8 Å². The maximum Gasteiger partial charge on any atom is 0.276 e. The van der Waals surface area contributed by atoms with E-state index in [4.69, 9.17) is 23.2 Å². The van der Waals surface area contributed by atoms with Gasteiger partial charge in [0.1, 0.15) is 6.17 Å². The van der Waals surface area contributed by atoms with E-state index in [-0.39, 0.29) is 5.91 Å². The van der Waals surface area contributed by atoms with E-state index in [9.17, 15) is 9.59 Å². The molecule has 0 saturated carbocycles. The van der Waals surface area contributed by atoms with E-state index in [1.807, 2.05) is 6.07 Å². The predicted octanol–water partition coefficient (Wildman–Crippen LogP) is 5.67. The number of benzene rings is 3. The first-order chi connectivity index (χ1) is 13.9. The Bertz CT molecular complexity index is 1110. The van der Waals surface area contributed by atoms with Crippen LogP contribution in [0.1, 0.15) is 32.4 Å². The number of hydrogen-bond donors (Lipinski definition) is 2. The molecule has 0 bridgehead atoms.